The lowest BCUT2D eigenvalue weighted by Crippen LogP contribution is -2.48. The maximum atomic E-state index is 5.48. The third-order valence-electron chi connectivity index (χ3n) is 1.60. The van der Waals surface area contributed by atoms with Crippen LogP contribution in [0.15, 0.2) is 23.8 Å². The molecule has 0 radical (unpaired) electrons. The summed E-state index contributed by atoms with van der Waals surface area (Å²) in [4.78, 5) is 0.699. The molecule has 0 aromatic heterocycles. The minimum Gasteiger partial charge on any atom is -0.343 e. The Kier molecular flexibility index (Phi) is 1.53. The van der Waals surface area contributed by atoms with Crippen LogP contribution in [0.3, 0.4) is 0 Å². The van der Waals surface area contributed by atoms with Crippen molar-refractivity contribution in [3.05, 3.63) is 23.8 Å². The Morgan fingerprint density at radius 3 is 3.08 bits per heavy atom. The maximum absolute atomic E-state index is 5.48. The Bertz CT molecular complexity index is 294. The SMILES string of the molecule is CC1=CC(=S)N2NN(N)C=C2N1. The zero-order valence-corrected chi connectivity index (χ0v) is 7.35. The fourth-order valence-corrected chi connectivity index (χ4v) is 1.45. The van der Waals surface area contributed by atoms with E-state index in [2.05, 4.69) is 10.9 Å². The van der Waals surface area contributed by atoms with Crippen LogP contribution in [0.5, 0.6) is 0 Å². The lowest BCUT2D eigenvalue weighted by molar-refractivity contribution is 0.192. The topological polar surface area (TPSA) is 56.6 Å². The van der Waals surface area contributed by atoms with Gasteiger partial charge in [-0.2, -0.15) is 0 Å². The lowest BCUT2D eigenvalue weighted by Gasteiger charge is -2.26. The number of hydrogen-bond donors (Lipinski definition) is 3. The van der Waals surface area contributed by atoms with Gasteiger partial charge in [0.1, 0.15) is 10.8 Å². The summed E-state index contributed by atoms with van der Waals surface area (Å²) >= 11 is 5.10. The number of nitrogens with two attached hydrogens (primary N) is 1. The Morgan fingerprint density at radius 2 is 2.33 bits per heavy atom. The van der Waals surface area contributed by atoms with Crippen LogP contribution in [0, 0.1) is 0 Å². The van der Waals surface area contributed by atoms with E-state index in [9.17, 15) is 0 Å². The fourth-order valence-electron chi connectivity index (χ4n) is 1.13. The molecule has 0 unspecified atom stereocenters. The summed E-state index contributed by atoms with van der Waals surface area (Å²) in [5.74, 6) is 6.33. The Morgan fingerprint density at radius 1 is 1.58 bits per heavy atom. The van der Waals surface area contributed by atoms with Crippen molar-refractivity contribution < 1.29 is 0 Å². The van der Waals surface area contributed by atoms with E-state index in [1.165, 1.54) is 5.12 Å². The highest BCUT2D eigenvalue weighted by molar-refractivity contribution is 7.80. The predicted octanol–water partition coefficient (Wildman–Crippen LogP) is -0.469. The quantitative estimate of drug-likeness (QED) is 0.349. The maximum Gasteiger partial charge on any atom is 0.147 e. The summed E-state index contributed by atoms with van der Waals surface area (Å²) < 4.78 is 0. The second-order valence-electron chi connectivity index (χ2n) is 2.65. The van der Waals surface area contributed by atoms with Gasteiger partial charge in [-0.25, -0.2) is 16.0 Å². The summed E-state index contributed by atoms with van der Waals surface area (Å²) in [6.07, 6.45) is 3.58. The molecule has 0 atom stereocenters. The zero-order valence-electron chi connectivity index (χ0n) is 6.53. The second kappa shape index (κ2) is 2.44. The van der Waals surface area contributed by atoms with Crippen molar-refractivity contribution >= 4 is 17.2 Å². The van der Waals surface area contributed by atoms with E-state index in [0.29, 0.717) is 4.99 Å². The Labute approximate surface area is 75.4 Å². The number of nitrogens with one attached hydrogen (secondary N) is 2. The molecule has 2 aliphatic rings. The fraction of sp³-hybridized carbons (Fsp3) is 0.167. The summed E-state index contributed by atoms with van der Waals surface area (Å²) in [5, 5.41) is 6.16. The molecular weight excluding hydrogens is 174 g/mol. The smallest absolute Gasteiger partial charge is 0.147 e. The first-order valence-corrected chi connectivity index (χ1v) is 3.89. The summed E-state index contributed by atoms with van der Waals surface area (Å²) in [6, 6.07) is 0. The molecule has 2 heterocycles. The van der Waals surface area contributed by atoms with E-state index in [4.69, 9.17) is 18.1 Å². The molecule has 0 saturated carbocycles. The van der Waals surface area contributed by atoms with Crippen molar-refractivity contribution in [1.29, 1.82) is 0 Å². The number of hydrogen-bond acceptors (Lipinski definition) is 5. The van der Waals surface area contributed by atoms with Gasteiger partial charge in [0.2, 0.25) is 0 Å². The molecule has 2 rings (SSSR count). The van der Waals surface area contributed by atoms with Crippen LogP contribution in [0.2, 0.25) is 0 Å². The summed E-state index contributed by atoms with van der Waals surface area (Å²) in [7, 11) is 0. The van der Waals surface area contributed by atoms with Gasteiger partial charge in [-0.1, -0.05) is 12.2 Å². The number of allylic oxidation sites excluding steroid dienone is 1. The normalized spacial score (nSPS) is 21.7. The van der Waals surface area contributed by atoms with E-state index < -0.39 is 0 Å². The predicted molar refractivity (Wildman–Crippen MR) is 48.6 cm³/mol. The van der Waals surface area contributed by atoms with E-state index in [0.717, 1.165) is 11.5 Å². The number of fused-ring (bicyclic) bond motifs is 1. The van der Waals surface area contributed by atoms with Crippen molar-refractivity contribution in [1.82, 2.24) is 21.0 Å². The van der Waals surface area contributed by atoms with E-state index in [-0.39, 0.29) is 0 Å². The largest absolute Gasteiger partial charge is 0.343 e. The van der Waals surface area contributed by atoms with Gasteiger partial charge in [-0.3, -0.25) is 0 Å². The molecule has 0 saturated heterocycles. The van der Waals surface area contributed by atoms with Gasteiger partial charge >= 0.3 is 0 Å². The third-order valence-corrected chi connectivity index (χ3v) is 1.90. The Hall–Kier alpha value is -1.11. The van der Waals surface area contributed by atoms with Crippen molar-refractivity contribution in [2.45, 2.75) is 6.92 Å². The molecule has 4 N–H and O–H groups in total. The van der Waals surface area contributed by atoms with Gasteiger partial charge in [-0.15, -0.1) is 5.53 Å². The molecular formula is C6H9N5S. The molecule has 5 nitrogen and oxygen atoms in total. The highest BCUT2D eigenvalue weighted by Crippen LogP contribution is 2.14. The summed E-state index contributed by atoms with van der Waals surface area (Å²) in [6.45, 7) is 1.95. The molecule has 0 aromatic carbocycles. The standard InChI is InChI=1S/C6H9N5S/c1-4-2-6(12)11-5(8-4)3-10(7)9-11/h2-3,8-9H,7H2,1H3. The minimum atomic E-state index is 0.699. The third kappa shape index (κ3) is 1.06. The first kappa shape index (κ1) is 7.53. The van der Waals surface area contributed by atoms with Crippen LogP contribution < -0.4 is 16.7 Å². The van der Waals surface area contributed by atoms with Gasteiger partial charge in [0.15, 0.2) is 0 Å². The Balaban J connectivity index is 2.31. The molecule has 12 heavy (non-hydrogen) atoms. The van der Waals surface area contributed by atoms with Crippen molar-refractivity contribution in [3.63, 3.8) is 0 Å². The molecule has 2 aliphatic heterocycles. The van der Waals surface area contributed by atoms with Crippen LogP contribution in [-0.2, 0) is 0 Å². The molecule has 6 heteroatoms. The van der Waals surface area contributed by atoms with Crippen molar-refractivity contribution in [3.8, 4) is 0 Å². The number of thiocarbonyl (C=S) groups is 1. The molecule has 0 amide bonds. The van der Waals surface area contributed by atoms with Crippen molar-refractivity contribution in [2.24, 2.45) is 5.84 Å². The molecule has 64 valence electrons. The molecule has 0 aromatic rings. The zero-order chi connectivity index (χ0) is 8.72. The lowest BCUT2D eigenvalue weighted by atomic mass is 10.3. The van der Waals surface area contributed by atoms with E-state index in [1.807, 2.05) is 13.0 Å². The average molecular weight is 183 g/mol. The molecule has 0 bridgehead atoms. The second-order valence-corrected chi connectivity index (χ2v) is 3.07. The van der Waals surface area contributed by atoms with Gasteiger partial charge in [-0.05, 0) is 13.0 Å². The minimum absolute atomic E-state index is 0.699. The van der Waals surface area contributed by atoms with Crippen LogP contribution in [0.4, 0.5) is 0 Å². The molecule has 0 aliphatic carbocycles. The number of rotatable bonds is 0. The van der Waals surface area contributed by atoms with Crippen LogP contribution in [0.1, 0.15) is 6.92 Å². The average Bonchev–Trinajstić information content (AvgIpc) is 2.29. The monoisotopic (exact) mass is 183 g/mol. The van der Waals surface area contributed by atoms with Gasteiger partial charge in [0.25, 0.3) is 0 Å². The van der Waals surface area contributed by atoms with Crippen molar-refractivity contribution in [2.75, 3.05) is 0 Å². The van der Waals surface area contributed by atoms with E-state index in [1.54, 1.807) is 11.2 Å². The first-order chi connectivity index (χ1) is 5.66. The highest BCUT2D eigenvalue weighted by Gasteiger charge is 2.24. The van der Waals surface area contributed by atoms with Crippen LogP contribution in [0.25, 0.3) is 0 Å². The van der Waals surface area contributed by atoms with Crippen LogP contribution >= 0.6 is 12.2 Å². The highest BCUT2D eigenvalue weighted by atomic mass is 32.1. The summed E-state index contributed by atoms with van der Waals surface area (Å²) in [5.41, 5.74) is 3.84. The molecule has 0 spiro atoms. The number of hydrazine groups is 3. The van der Waals surface area contributed by atoms with Crippen LogP contribution in [-0.4, -0.2) is 15.1 Å². The van der Waals surface area contributed by atoms with Gasteiger partial charge in [0.05, 0.1) is 6.20 Å². The van der Waals surface area contributed by atoms with Gasteiger partial charge < -0.3 is 5.32 Å². The molecule has 0 fully saturated rings. The van der Waals surface area contributed by atoms with E-state index >= 15 is 0 Å². The van der Waals surface area contributed by atoms with Gasteiger partial charge in [0, 0.05) is 5.70 Å². The first-order valence-electron chi connectivity index (χ1n) is 3.48. The number of nitrogens with zero attached hydrogens (tertiary/aromatic N) is 2.